The minimum atomic E-state index is -1.60. The van der Waals surface area contributed by atoms with Crippen molar-refractivity contribution < 1.29 is 23.4 Å². The van der Waals surface area contributed by atoms with Crippen molar-refractivity contribution >= 4 is 22.5 Å². The first-order valence-electron chi connectivity index (χ1n) is 6.88. The fourth-order valence-corrected chi connectivity index (χ4v) is 2.64. The molecule has 1 aromatic carbocycles. The lowest BCUT2D eigenvalue weighted by Gasteiger charge is -2.16. The highest BCUT2D eigenvalue weighted by Gasteiger charge is 2.27. The minimum Gasteiger partial charge on any atom is -0.494 e. The first kappa shape index (κ1) is 16.5. The fourth-order valence-electron chi connectivity index (χ4n) is 2.47. The molecule has 5 nitrogen and oxygen atoms in total. The van der Waals surface area contributed by atoms with Crippen LogP contribution in [0.15, 0.2) is 24.4 Å². The molecule has 8 heteroatoms. The molecule has 0 aliphatic rings. The highest BCUT2D eigenvalue weighted by Crippen LogP contribution is 2.37. The Morgan fingerprint density at radius 1 is 1.12 bits per heavy atom. The number of fused-ring (bicyclic) bond motifs is 1. The van der Waals surface area contributed by atoms with Crippen molar-refractivity contribution in [2.75, 3.05) is 14.2 Å². The number of hydrogen-bond donors (Lipinski definition) is 2. The van der Waals surface area contributed by atoms with Gasteiger partial charge in [0.15, 0.2) is 23.1 Å². The van der Waals surface area contributed by atoms with Gasteiger partial charge in [0.25, 0.3) is 0 Å². The van der Waals surface area contributed by atoms with Gasteiger partial charge in [-0.15, -0.1) is 0 Å². The van der Waals surface area contributed by atoms with E-state index >= 15 is 0 Å². The van der Waals surface area contributed by atoms with E-state index in [0.29, 0.717) is 10.9 Å². The second kappa shape index (κ2) is 6.26. The summed E-state index contributed by atoms with van der Waals surface area (Å²) in [7, 11) is 2.48. The lowest BCUT2D eigenvalue weighted by molar-refractivity contribution is 0.201. The maximum Gasteiger partial charge on any atom is 0.174 e. The predicted molar refractivity (Wildman–Crippen MR) is 84.6 cm³/mol. The van der Waals surface area contributed by atoms with E-state index in [1.54, 1.807) is 12.1 Å². The van der Waals surface area contributed by atoms with Gasteiger partial charge in [0, 0.05) is 17.1 Å². The summed E-state index contributed by atoms with van der Waals surface area (Å²) in [5.41, 5.74) is 0.183. The Balaban J connectivity index is 2.15. The molecule has 0 amide bonds. The molecule has 0 radical (unpaired) electrons. The van der Waals surface area contributed by atoms with Crippen molar-refractivity contribution in [1.29, 1.82) is 0 Å². The number of H-pyrrole nitrogens is 1. The van der Waals surface area contributed by atoms with Crippen molar-refractivity contribution in [2.45, 2.75) is 6.10 Å². The Hall–Kier alpha value is -2.38. The predicted octanol–water partition coefficient (Wildman–Crippen LogP) is 3.59. The summed E-state index contributed by atoms with van der Waals surface area (Å²) in [5.74, 6) is -2.47. The summed E-state index contributed by atoms with van der Waals surface area (Å²) in [5, 5.41) is 11.4. The Kier molecular flexibility index (Phi) is 4.29. The number of hydrogen-bond acceptors (Lipinski definition) is 4. The average Bonchev–Trinajstić information content (AvgIpc) is 2.98. The van der Waals surface area contributed by atoms with E-state index in [0.717, 1.165) is 6.07 Å². The Labute approximate surface area is 140 Å². The molecule has 2 N–H and O–H groups in total. The van der Waals surface area contributed by atoms with Crippen LogP contribution in [-0.2, 0) is 0 Å². The van der Waals surface area contributed by atoms with Crippen LogP contribution in [-0.4, -0.2) is 29.3 Å². The van der Waals surface area contributed by atoms with E-state index in [9.17, 15) is 13.9 Å². The van der Waals surface area contributed by atoms with Gasteiger partial charge in [-0.05, 0) is 12.1 Å². The molecule has 0 saturated carbocycles. The number of aliphatic hydroxyl groups excluding tert-OH is 1. The van der Waals surface area contributed by atoms with E-state index in [-0.39, 0.29) is 22.3 Å². The Bertz CT molecular complexity index is 886. The number of ether oxygens (including phenoxy) is 2. The second-order valence-electron chi connectivity index (χ2n) is 5.04. The topological polar surface area (TPSA) is 67.4 Å². The number of aliphatic hydroxyl groups is 1. The number of benzene rings is 1. The first-order chi connectivity index (χ1) is 11.5. The molecule has 2 aromatic heterocycles. The number of rotatable bonds is 4. The van der Waals surface area contributed by atoms with Crippen LogP contribution in [0.5, 0.6) is 11.5 Å². The van der Waals surface area contributed by atoms with Crippen LogP contribution in [0.3, 0.4) is 0 Å². The third-order valence-electron chi connectivity index (χ3n) is 3.67. The first-order valence-corrected chi connectivity index (χ1v) is 7.26. The zero-order valence-corrected chi connectivity index (χ0v) is 13.5. The summed E-state index contributed by atoms with van der Waals surface area (Å²) in [6.07, 6.45) is -0.132. The molecule has 0 saturated heterocycles. The molecule has 0 bridgehead atoms. The minimum absolute atomic E-state index is 0.183. The number of aromatic nitrogens is 2. The average molecular weight is 355 g/mol. The molecule has 24 heavy (non-hydrogen) atoms. The van der Waals surface area contributed by atoms with Gasteiger partial charge in [-0.3, -0.25) is 0 Å². The van der Waals surface area contributed by atoms with E-state index in [1.807, 2.05) is 0 Å². The number of aromatic amines is 1. The lowest BCUT2D eigenvalue weighted by atomic mass is 10.0. The van der Waals surface area contributed by atoms with Crippen LogP contribution in [0.1, 0.15) is 17.4 Å². The third kappa shape index (κ3) is 2.65. The largest absolute Gasteiger partial charge is 0.494 e. The molecule has 3 aromatic rings. The molecule has 126 valence electrons. The third-order valence-corrected chi connectivity index (χ3v) is 3.87. The normalized spacial score (nSPS) is 12.4. The zero-order chi connectivity index (χ0) is 17.4. The van der Waals surface area contributed by atoms with Crippen LogP contribution in [0.4, 0.5) is 8.78 Å². The molecule has 2 heterocycles. The van der Waals surface area contributed by atoms with Crippen molar-refractivity contribution in [2.24, 2.45) is 0 Å². The summed E-state index contributed by atoms with van der Waals surface area (Å²) >= 11 is 5.81. The Morgan fingerprint density at radius 2 is 1.75 bits per heavy atom. The highest BCUT2D eigenvalue weighted by atomic mass is 35.5. The van der Waals surface area contributed by atoms with Crippen LogP contribution >= 0.6 is 11.6 Å². The summed E-state index contributed by atoms with van der Waals surface area (Å²) in [6.45, 7) is 0. The van der Waals surface area contributed by atoms with Gasteiger partial charge >= 0.3 is 0 Å². The lowest BCUT2D eigenvalue weighted by Crippen LogP contribution is -2.09. The van der Waals surface area contributed by atoms with Gasteiger partial charge in [0.2, 0.25) is 0 Å². The van der Waals surface area contributed by atoms with Gasteiger partial charge in [-0.1, -0.05) is 11.6 Å². The van der Waals surface area contributed by atoms with E-state index < -0.39 is 23.3 Å². The maximum atomic E-state index is 14.5. The number of nitrogens with zero attached hydrogens (tertiary/aromatic N) is 1. The standard InChI is InChI=1S/C16H13ClF2N2O3/c1-23-10-5-11(24-2)15(19)13(14(10)18)16(22)8-3-7-4-12(17)20-6-9(7)21-8/h3-6,16,21-22H,1-2H3. The molecule has 1 unspecified atom stereocenters. The fraction of sp³-hybridized carbons (Fsp3) is 0.188. The monoisotopic (exact) mass is 354 g/mol. The molecule has 0 aliphatic carbocycles. The van der Waals surface area contributed by atoms with E-state index in [4.69, 9.17) is 21.1 Å². The van der Waals surface area contributed by atoms with Crippen molar-refractivity contribution in [1.82, 2.24) is 9.97 Å². The highest BCUT2D eigenvalue weighted by molar-refractivity contribution is 6.30. The van der Waals surface area contributed by atoms with Crippen LogP contribution in [0.2, 0.25) is 5.15 Å². The summed E-state index contributed by atoms with van der Waals surface area (Å²) in [6, 6.07) is 4.19. The molecule has 0 aliphatic heterocycles. The summed E-state index contributed by atoms with van der Waals surface area (Å²) < 4.78 is 38.7. The molecular formula is C16H13ClF2N2O3. The van der Waals surface area contributed by atoms with Gasteiger partial charge in [-0.25, -0.2) is 13.8 Å². The zero-order valence-electron chi connectivity index (χ0n) is 12.7. The van der Waals surface area contributed by atoms with E-state index in [1.165, 1.54) is 20.4 Å². The Morgan fingerprint density at radius 3 is 2.33 bits per heavy atom. The maximum absolute atomic E-state index is 14.5. The number of halogens is 3. The number of methoxy groups -OCH3 is 2. The molecule has 0 spiro atoms. The summed E-state index contributed by atoms with van der Waals surface area (Å²) in [4.78, 5) is 6.77. The second-order valence-corrected chi connectivity index (χ2v) is 5.43. The van der Waals surface area contributed by atoms with Gasteiger partial charge in [-0.2, -0.15) is 0 Å². The quantitative estimate of drug-likeness (QED) is 0.703. The molecule has 0 fully saturated rings. The molecule has 1 atom stereocenters. The van der Waals surface area contributed by atoms with Crippen molar-refractivity contribution in [3.8, 4) is 11.5 Å². The van der Waals surface area contributed by atoms with E-state index in [2.05, 4.69) is 9.97 Å². The number of nitrogens with one attached hydrogen (secondary N) is 1. The van der Waals surface area contributed by atoms with Crippen LogP contribution in [0, 0.1) is 11.6 Å². The SMILES string of the molecule is COc1cc(OC)c(F)c(C(O)c2cc3cc(Cl)ncc3[nH]2)c1F. The smallest absolute Gasteiger partial charge is 0.174 e. The van der Waals surface area contributed by atoms with Gasteiger partial charge < -0.3 is 19.6 Å². The van der Waals surface area contributed by atoms with Crippen LogP contribution in [0.25, 0.3) is 10.9 Å². The van der Waals surface area contributed by atoms with Gasteiger partial charge in [0.05, 0.1) is 31.5 Å². The van der Waals surface area contributed by atoms with Crippen LogP contribution < -0.4 is 9.47 Å². The molecule has 3 rings (SSSR count). The molecular weight excluding hydrogens is 342 g/mol. The van der Waals surface area contributed by atoms with Crippen molar-refractivity contribution in [3.05, 3.63) is 52.4 Å². The number of pyridine rings is 1. The van der Waals surface area contributed by atoms with Crippen molar-refractivity contribution in [3.63, 3.8) is 0 Å². The van der Waals surface area contributed by atoms with Gasteiger partial charge in [0.1, 0.15) is 11.3 Å².